The highest BCUT2D eigenvalue weighted by Crippen LogP contribution is 2.29. The Morgan fingerprint density at radius 1 is 1.06 bits per heavy atom. The number of ether oxygens (including phenoxy) is 1. The summed E-state index contributed by atoms with van der Waals surface area (Å²) in [7, 11) is 0. The van der Waals surface area contributed by atoms with Crippen molar-refractivity contribution in [1.29, 1.82) is 5.26 Å². The normalized spacial score (nSPS) is 11.0. The van der Waals surface area contributed by atoms with Crippen molar-refractivity contribution >= 4 is 40.5 Å². The highest BCUT2D eigenvalue weighted by atomic mass is 35.5. The van der Waals surface area contributed by atoms with E-state index in [-0.39, 0.29) is 24.9 Å². The van der Waals surface area contributed by atoms with Crippen molar-refractivity contribution in [3.63, 3.8) is 0 Å². The maximum absolute atomic E-state index is 12.3. The first-order chi connectivity index (χ1) is 16.5. The van der Waals surface area contributed by atoms with Crippen LogP contribution < -0.4 is 33.1 Å². The van der Waals surface area contributed by atoms with Crippen molar-refractivity contribution in [2.24, 2.45) is 0 Å². The molecule has 1 unspecified atom stereocenters. The van der Waals surface area contributed by atoms with Crippen LogP contribution in [0.1, 0.15) is 15.9 Å². The number of aliphatic hydroxyl groups is 1. The lowest BCUT2D eigenvalue weighted by molar-refractivity contribution is -0.658. The van der Waals surface area contributed by atoms with Gasteiger partial charge in [-0.3, -0.25) is 4.79 Å². The Balaban J connectivity index is 0.00000432. The molecule has 0 spiro atoms. The summed E-state index contributed by atoms with van der Waals surface area (Å²) < 4.78 is 5.63. The quantitative estimate of drug-likeness (QED) is 0.268. The third kappa shape index (κ3) is 8.95. The van der Waals surface area contributed by atoms with Gasteiger partial charge in [-0.15, -0.1) is 0 Å². The van der Waals surface area contributed by atoms with Crippen molar-refractivity contribution < 1.29 is 32.4 Å². The van der Waals surface area contributed by atoms with E-state index in [1.807, 2.05) is 11.4 Å². The number of nitrogens with one attached hydrogen (secondary N) is 2. The van der Waals surface area contributed by atoms with Gasteiger partial charge in [0.15, 0.2) is 0 Å². The number of rotatable bonds is 11. The molecule has 0 saturated carbocycles. The van der Waals surface area contributed by atoms with Crippen molar-refractivity contribution in [2.75, 3.05) is 36.9 Å². The topological polar surface area (TPSA) is 111 Å². The molecule has 0 fully saturated rings. The fraction of sp³-hybridized carbons (Fsp3) is 0.200. The van der Waals surface area contributed by atoms with Gasteiger partial charge in [0.25, 0.3) is 5.91 Å². The molecule has 0 bridgehead atoms. The number of quaternary nitrogens is 1. The molecule has 0 radical (unpaired) electrons. The minimum atomic E-state index is -0.639. The number of carbonyl (C=O) groups excluding carboxylic acids is 1. The van der Waals surface area contributed by atoms with E-state index >= 15 is 0 Å². The number of nitrogens with two attached hydrogens (primary N) is 1. The molecule has 35 heavy (non-hydrogen) atoms. The van der Waals surface area contributed by atoms with Crippen LogP contribution in [0.4, 0.5) is 11.4 Å². The van der Waals surface area contributed by atoms with Crippen LogP contribution in [0, 0.1) is 11.3 Å². The van der Waals surface area contributed by atoms with Gasteiger partial charge in [-0.25, -0.2) is 0 Å². The second kappa shape index (κ2) is 14.4. The van der Waals surface area contributed by atoms with Gasteiger partial charge in [-0.2, -0.15) is 5.26 Å². The van der Waals surface area contributed by atoms with E-state index in [0.717, 1.165) is 6.54 Å². The van der Waals surface area contributed by atoms with E-state index in [4.69, 9.17) is 33.2 Å². The molecule has 5 N–H and O–H groups in total. The minimum Gasteiger partial charge on any atom is -1.00 e. The number of anilines is 2. The Kier molecular flexibility index (Phi) is 11.6. The van der Waals surface area contributed by atoms with Gasteiger partial charge >= 0.3 is 0 Å². The fourth-order valence-electron chi connectivity index (χ4n) is 3.07. The zero-order chi connectivity index (χ0) is 24.3. The SMILES string of the molecule is N#Cc1ccc(C(=O)Nc2ccc(OCC(O)C[NH2+]CCNc3c(Cl)cccc3Cl)cc2)cc1.[Cl-]. The molecular weight excluding hydrogens is 511 g/mol. The van der Waals surface area contributed by atoms with E-state index in [1.54, 1.807) is 66.7 Å². The van der Waals surface area contributed by atoms with Gasteiger partial charge in [-0.1, -0.05) is 29.3 Å². The van der Waals surface area contributed by atoms with Crippen LogP contribution in [0.3, 0.4) is 0 Å². The molecule has 1 atom stereocenters. The molecule has 184 valence electrons. The predicted molar refractivity (Wildman–Crippen MR) is 134 cm³/mol. The highest BCUT2D eigenvalue weighted by molar-refractivity contribution is 6.39. The van der Waals surface area contributed by atoms with Gasteiger partial charge in [0.2, 0.25) is 0 Å². The first-order valence-electron chi connectivity index (χ1n) is 10.7. The molecule has 0 aromatic heterocycles. The van der Waals surface area contributed by atoms with Crippen LogP contribution >= 0.6 is 23.2 Å². The molecule has 0 aliphatic heterocycles. The van der Waals surface area contributed by atoms with Crippen LogP contribution in [0.5, 0.6) is 5.75 Å². The third-order valence-corrected chi connectivity index (χ3v) is 5.51. The zero-order valence-electron chi connectivity index (χ0n) is 18.7. The average Bonchev–Trinajstić information content (AvgIpc) is 2.85. The molecule has 1 amide bonds. The van der Waals surface area contributed by atoms with Crippen molar-refractivity contribution in [3.05, 3.63) is 87.9 Å². The van der Waals surface area contributed by atoms with Gasteiger partial charge < -0.3 is 38.2 Å². The summed E-state index contributed by atoms with van der Waals surface area (Å²) in [4.78, 5) is 12.3. The maximum atomic E-state index is 12.3. The Bertz CT molecular complexity index is 1120. The minimum absolute atomic E-state index is 0. The Labute approximate surface area is 220 Å². The van der Waals surface area contributed by atoms with E-state index in [2.05, 4.69) is 10.6 Å². The number of benzene rings is 3. The molecule has 3 rings (SSSR count). The number of nitriles is 1. The van der Waals surface area contributed by atoms with Gasteiger partial charge in [0.05, 0.1) is 40.5 Å². The smallest absolute Gasteiger partial charge is 0.255 e. The summed E-state index contributed by atoms with van der Waals surface area (Å²) in [6.45, 7) is 2.01. The summed E-state index contributed by atoms with van der Waals surface area (Å²) in [6, 6.07) is 20.7. The molecule has 3 aromatic carbocycles. The van der Waals surface area contributed by atoms with Crippen molar-refractivity contribution in [2.45, 2.75) is 6.10 Å². The van der Waals surface area contributed by atoms with Crippen molar-refractivity contribution in [3.8, 4) is 11.8 Å². The Hall–Kier alpha value is -2.99. The van der Waals surface area contributed by atoms with Crippen LogP contribution in [-0.4, -0.2) is 43.4 Å². The summed E-state index contributed by atoms with van der Waals surface area (Å²) in [5, 5.41) is 28.1. The molecule has 7 nitrogen and oxygen atoms in total. The Morgan fingerprint density at radius 3 is 2.34 bits per heavy atom. The van der Waals surface area contributed by atoms with Crippen LogP contribution in [-0.2, 0) is 0 Å². The number of amides is 1. The lowest BCUT2D eigenvalue weighted by atomic mass is 10.1. The number of aliphatic hydroxyl groups excluding tert-OH is 1. The van der Waals surface area contributed by atoms with Crippen LogP contribution in [0.25, 0.3) is 0 Å². The highest BCUT2D eigenvalue weighted by Gasteiger charge is 2.10. The number of nitrogens with zero attached hydrogens (tertiary/aromatic N) is 1. The molecule has 0 aliphatic rings. The van der Waals surface area contributed by atoms with E-state index in [9.17, 15) is 9.90 Å². The first-order valence-corrected chi connectivity index (χ1v) is 11.4. The second-order valence-electron chi connectivity index (χ2n) is 7.47. The van der Waals surface area contributed by atoms with Crippen LogP contribution in [0.2, 0.25) is 10.0 Å². The first kappa shape index (κ1) is 28.2. The lowest BCUT2D eigenvalue weighted by Gasteiger charge is -2.13. The summed E-state index contributed by atoms with van der Waals surface area (Å²) in [6.07, 6.45) is -0.639. The van der Waals surface area contributed by atoms with E-state index in [0.29, 0.717) is 51.4 Å². The predicted octanol–water partition coefficient (Wildman–Crippen LogP) is 0.537. The fourth-order valence-corrected chi connectivity index (χ4v) is 3.60. The molecule has 0 aliphatic carbocycles. The van der Waals surface area contributed by atoms with E-state index in [1.165, 1.54) is 0 Å². The molecule has 3 aromatic rings. The number of carbonyl (C=O) groups is 1. The standard InChI is InChI=1S/C25H24Cl2N4O3.ClH/c26-22-2-1-3-23(27)24(22)30-13-12-29-15-20(32)16-34-21-10-8-19(9-11-21)31-25(33)18-6-4-17(14-28)5-7-18;/h1-11,20,29-30,32H,12-13,15-16H2,(H,31,33);1H. The maximum Gasteiger partial charge on any atom is 0.255 e. The number of hydrogen-bond acceptors (Lipinski definition) is 5. The summed E-state index contributed by atoms with van der Waals surface area (Å²) >= 11 is 12.2. The largest absolute Gasteiger partial charge is 1.00 e. The number of hydrogen-bond donors (Lipinski definition) is 4. The molecule has 0 saturated heterocycles. The number of para-hydroxylation sites is 1. The van der Waals surface area contributed by atoms with E-state index < -0.39 is 6.10 Å². The second-order valence-corrected chi connectivity index (χ2v) is 8.28. The van der Waals surface area contributed by atoms with Gasteiger partial charge in [-0.05, 0) is 60.7 Å². The number of halogens is 3. The third-order valence-electron chi connectivity index (χ3n) is 4.88. The van der Waals surface area contributed by atoms with Gasteiger partial charge in [0.1, 0.15) is 25.0 Å². The zero-order valence-corrected chi connectivity index (χ0v) is 20.9. The molecular formula is C25H25Cl3N4O3. The lowest BCUT2D eigenvalue weighted by Crippen LogP contribution is -3.00. The van der Waals surface area contributed by atoms with Crippen molar-refractivity contribution in [1.82, 2.24) is 0 Å². The Morgan fingerprint density at radius 2 is 1.71 bits per heavy atom. The van der Waals surface area contributed by atoms with Gasteiger partial charge in [0, 0.05) is 11.3 Å². The molecule has 10 heteroatoms. The summed E-state index contributed by atoms with van der Waals surface area (Å²) in [5.41, 5.74) is 2.28. The average molecular weight is 536 g/mol. The molecule has 0 heterocycles. The monoisotopic (exact) mass is 534 g/mol. The van der Waals surface area contributed by atoms with Crippen LogP contribution in [0.15, 0.2) is 66.7 Å². The summed E-state index contributed by atoms with van der Waals surface area (Å²) in [5.74, 6) is 0.320.